The van der Waals surface area contributed by atoms with Crippen LogP contribution in [-0.4, -0.2) is 10.9 Å². The molecule has 0 N–H and O–H groups in total. The van der Waals surface area contributed by atoms with Crippen LogP contribution in [0.3, 0.4) is 0 Å². The zero-order valence-electron chi connectivity index (χ0n) is 15.2. The zero-order valence-corrected chi connectivity index (χ0v) is 16.8. The average molecular weight is 419 g/mol. The average Bonchev–Trinajstić information content (AvgIpc) is 3.37. The summed E-state index contributed by atoms with van der Waals surface area (Å²) in [6, 6.07) is 24.8. The summed E-state index contributed by atoms with van der Waals surface area (Å²) in [6.07, 6.45) is 0. The third kappa shape index (κ3) is 3.39. The first-order valence-electron chi connectivity index (χ1n) is 9.08. The van der Waals surface area contributed by atoms with E-state index in [1.54, 1.807) is 17.0 Å². The second-order valence-electron chi connectivity index (χ2n) is 6.61. The van der Waals surface area contributed by atoms with Crippen LogP contribution in [0.25, 0.3) is 21.2 Å². The Morgan fingerprint density at radius 2 is 1.79 bits per heavy atom. The second kappa shape index (κ2) is 7.35. The smallest absolute Gasteiger partial charge is 0.296 e. The fourth-order valence-electron chi connectivity index (χ4n) is 3.23. The maximum atomic E-state index is 13.4. The molecule has 5 rings (SSSR count). The Labute approximate surface area is 176 Å². The van der Waals surface area contributed by atoms with Crippen LogP contribution < -0.4 is 4.90 Å². The van der Waals surface area contributed by atoms with Crippen molar-refractivity contribution in [1.29, 1.82) is 0 Å². The molecule has 2 aromatic heterocycles. The Balaban J connectivity index is 1.60. The summed E-state index contributed by atoms with van der Waals surface area (Å²) < 4.78 is 6.76. The van der Waals surface area contributed by atoms with Gasteiger partial charge in [-0.25, -0.2) is 4.98 Å². The van der Waals surface area contributed by atoms with Crippen LogP contribution in [0, 0.1) is 0 Å². The number of aromatic nitrogens is 1. The van der Waals surface area contributed by atoms with Gasteiger partial charge in [-0.1, -0.05) is 77.5 Å². The van der Waals surface area contributed by atoms with E-state index in [4.69, 9.17) is 16.0 Å². The van der Waals surface area contributed by atoms with Gasteiger partial charge in [0.15, 0.2) is 10.9 Å². The summed E-state index contributed by atoms with van der Waals surface area (Å²) in [4.78, 5) is 19.8. The number of fused-ring (bicyclic) bond motifs is 2. The van der Waals surface area contributed by atoms with Gasteiger partial charge in [-0.2, -0.15) is 0 Å². The van der Waals surface area contributed by atoms with Gasteiger partial charge in [0.05, 0.1) is 16.3 Å². The molecule has 0 aliphatic carbocycles. The van der Waals surface area contributed by atoms with Crippen molar-refractivity contribution in [3.05, 3.63) is 95.2 Å². The molecule has 1 amide bonds. The molecule has 6 heteroatoms. The molecule has 0 radical (unpaired) electrons. The molecule has 0 saturated carbocycles. The van der Waals surface area contributed by atoms with Gasteiger partial charge in [0, 0.05) is 5.39 Å². The highest BCUT2D eigenvalue weighted by molar-refractivity contribution is 7.22. The number of furan rings is 1. The van der Waals surface area contributed by atoms with Gasteiger partial charge in [0.2, 0.25) is 0 Å². The fraction of sp³-hybridized carbons (Fsp3) is 0.0435. The summed E-state index contributed by atoms with van der Waals surface area (Å²) in [6.45, 7) is 0.383. The normalized spacial score (nSPS) is 11.2. The number of nitrogens with zero attached hydrogens (tertiary/aromatic N) is 2. The highest BCUT2D eigenvalue weighted by atomic mass is 35.5. The van der Waals surface area contributed by atoms with Crippen molar-refractivity contribution in [3.63, 3.8) is 0 Å². The SMILES string of the molecule is O=C(c1cc2ccccc2o1)N(Cc1ccccc1)c1nc2c(Cl)cccc2s1. The van der Waals surface area contributed by atoms with Crippen molar-refractivity contribution in [2.24, 2.45) is 0 Å². The monoisotopic (exact) mass is 418 g/mol. The van der Waals surface area contributed by atoms with Crippen LogP contribution in [0.1, 0.15) is 16.1 Å². The van der Waals surface area contributed by atoms with Crippen LogP contribution >= 0.6 is 22.9 Å². The molecular formula is C23H15ClN2O2S. The quantitative estimate of drug-likeness (QED) is 0.332. The molecule has 5 aromatic rings. The standard InChI is InChI=1S/C23H15ClN2O2S/c24-17-10-6-12-20-21(17)25-23(29-20)26(14-15-7-2-1-3-8-15)22(27)19-13-16-9-4-5-11-18(16)28-19/h1-13H,14H2. The number of amides is 1. The van der Waals surface area contributed by atoms with E-state index in [0.717, 1.165) is 15.6 Å². The van der Waals surface area contributed by atoms with Gasteiger partial charge in [0.25, 0.3) is 5.91 Å². The Bertz CT molecular complexity index is 1290. The number of benzene rings is 3. The van der Waals surface area contributed by atoms with E-state index in [2.05, 4.69) is 4.98 Å². The summed E-state index contributed by atoms with van der Waals surface area (Å²) in [5.41, 5.74) is 2.38. The topological polar surface area (TPSA) is 46.3 Å². The molecule has 0 aliphatic heterocycles. The summed E-state index contributed by atoms with van der Waals surface area (Å²) >= 11 is 7.74. The van der Waals surface area contributed by atoms with Crippen LogP contribution in [0.2, 0.25) is 5.02 Å². The third-order valence-corrected chi connectivity index (χ3v) is 6.00. The van der Waals surface area contributed by atoms with Crippen molar-refractivity contribution < 1.29 is 9.21 Å². The number of hydrogen-bond acceptors (Lipinski definition) is 4. The largest absolute Gasteiger partial charge is 0.451 e. The van der Waals surface area contributed by atoms with E-state index in [1.807, 2.05) is 66.7 Å². The Hall–Kier alpha value is -3.15. The number of anilines is 1. The summed E-state index contributed by atoms with van der Waals surface area (Å²) in [7, 11) is 0. The number of carbonyl (C=O) groups is 1. The molecule has 0 aliphatic rings. The Morgan fingerprint density at radius 1 is 1.00 bits per heavy atom. The molecule has 0 fully saturated rings. The number of halogens is 1. The lowest BCUT2D eigenvalue weighted by atomic mass is 10.2. The molecule has 3 aromatic carbocycles. The van der Waals surface area contributed by atoms with Gasteiger partial charge < -0.3 is 4.42 Å². The van der Waals surface area contributed by atoms with Crippen LogP contribution in [0.5, 0.6) is 0 Å². The Morgan fingerprint density at radius 3 is 2.59 bits per heavy atom. The van der Waals surface area contributed by atoms with Gasteiger partial charge in [-0.15, -0.1) is 0 Å². The maximum Gasteiger partial charge on any atom is 0.296 e. The maximum absolute atomic E-state index is 13.4. The highest BCUT2D eigenvalue weighted by Crippen LogP contribution is 2.34. The first kappa shape index (κ1) is 17.9. The molecule has 0 spiro atoms. The first-order valence-corrected chi connectivity index (χ1v) is 10.3. The molecule has 0 bridgehead atoms. The number of thiazole rings is 1. The first-order chi connectivity index (χ1) is 14.2. The van der Waals surface area contributed by atoms with Gasteiger partial charge >= 0.3 is 0 Å². The minimum Gasteiger partial charge on any atom is -0.451 e. The van der Waals surface area contributed by atoms with Gasteiger partial charge in [-0.05, 0) is 29.8 Å². The van der Waals surface area contributed by atoms with Crippen molar-refractivity contribution in [1.82, 2.24) is 4.98 Å². The highest BCUT2D eigenvalue weighted by Gasteiger charge is 2.25. The van der Waals surface area contributed by atoms with Crippen molar-refractivity contribution in [2.45, 2.75) is 6.54 Å². The van der Waals surface area contributed by atoms with Crippen LogP contribution in [-0.2, 0) is 6.54 Å². The van der Waals surface area contributed by atoms with Crippen molar-refractivity contribution in [2.75, 3.05) is 4.90 Å². The van der Waals surface area contributed by atoms with Crippen LogP contribution in [0.4, 0.5) is 5.13 Å². The molecule has 0 saturated heterocycles. The molecular weight excluding hydrogens is 404 g/mol. The molecule has 2 heterocycles. The second-order valence-corrected chi connectivity index (χ2v) is 8.02. The number of para-hydroxylation sites is 2. The lowest BCUT2D eigenvalue weighted by Crippen LogP contribution is -2.30. The van der Waals surface area contributed by atoms with Crippen LogP contribution in [0.15, 0.2) is 83.3 Å². The molecule has 0 unspecified atom stereocenters. The van der Waals surface area contributed by atoms with E-state index >= 15 is 0 Å². The minimum absolute atomic E-state index is 0.236. The van der Waals surface area contributed by atoms with Gasteiger partial charge in [-0.3, -0.25) is 9.69 Å². The molecule has 4 nitrogen and oxygen atoms in total. The Kier molecular flexibility index (Phi) is 4.54. The predicted octanol–water partition coefficient (Wildman–Crippen LogP) is 6.54. The summed E-state index contributed by atoms with van der Waals surface area (Å²) in [5, 5.41) is 2.05. The van der Waals surface area contributed by atoms with E-state index in [1.165, 1.54) is 11.3 Å². The number of carbonyl (C=O) groups excluding carboxylic acids is 1. The molecule has 142 valence electrons. The summed E-state index contributed by atoms with van der Waals surface area (Å²) in [5.74, 6) is 0.0488. The van der Waals surface area contributed by atoms with E-state index in [-0.39, 0.29) is 11.7 Å². The van der Waals surface area contributed by atoms with Crippen molar-refractivity contribution >= 4 is 55.2 Å². The lowest BCUT2D eigenvalue weighted by Gasteiger charge is -2.18. The molecule has 29 heavy (non-hydrogen) atoms. The van der Waals surface area contributed by atoms with E-state index in [0.29, 0.717) is 27.8 Å². The van der Waals surface area contributed by atoms with Gasteiger partial charge in [0.1, 0.15) is 11.1 Å². The lowest BCUT2D eigenvalue weighted by molar-refractivity contribution is 0.0960. The number of rotatable bonds is 4. The third-order valence-electron chi connectivity index (χ3n) is 4.65. The minimum atomic E-state index is -0.236. The predicted molar refractivity (Wildman–Crippen MR) is 118 cm³/mol. The fourth-order valence-corrected chi connectivity index (χ4v) is 4.49. The van der Waals surface area contributed by atoms with Crippen molar-refractivity contribution in [3.8, 4) is 0 Å². The van der Waals surface area contributed by atoms with E-state index in [9.17, 15) is 4.79 Å². The molecule has 0 atom stereocenters. The zero-order chi connectivity index (χ0) is 19.8. The number of hydrogen-bond donors (Lipinski definition) is 0. The van der Waals surface area contributed by atoms with E-state index < -0.39 is 0 Å².